The van der Waals surface area contributed by atoms with Crippen molar-refractivity contribution in [2.45, 2.75) is 44.3 Å². The van der Waals surface area contributed by atoms with E-state index in [1.807, 2.05) is 35.2 Å². The minimum atomic E-state index is -0.207. The van der Waals surface area contributed by atoms with Crippen LogP contribution in [0.2, 0.25) is 0 Å². The third kappa shape index (κ3) is 3.56. The molecule has 1 atom stereocenters. The van der Waals surface area contributed by atoms with Gasteiger partial charge in [-0.1, -0.05) is 18.2 Å². The third-order valence-corrected chi connectivity index (χ3v) is 4.55. The zero-order valence-corrected chi connectivity index (χ0v) is 12.3. The van der Waals surface area contributed by atoms with Crippen LogP contribution in [0, 0.1) is 5.92 Å². The monoisotopic (exact) mass is 289 g/mol. The molecule has 2 fully saturated rings. The molecule has 1 saturated heterocycles. The summed E-state index contributed by atoms with van der Waals surface area (Å²) in [5.74, 6) is 1.22. The Morgan fingerprint density at radius 2 is 1.81 bits per heavy atom. The predicted octanol–water partition coefficient (Wildman–Crippen LogP) is 2.22. The van der Waals surface area contributed by atoms with Gasteiger partial charge in [0.1, 0.15) is 11.9 Å². The summed E-state index contributed by atoms with van der Waals surface area (Å²) >= 11 is 0. The van der Waals surface area contributed by atoms with Gasteiger partial charge in [0.25, 0.3) is 0 Å². The summed E-state index contributed by atoms with van der Waals surface area (Å²) in [7, 11) is 0. The van der Waals surface area contributed by atoms with Gasteiger partial charge < -0.3 is 14.7 Å². The predicted molar refractivity (Wildman–Crippen MR) is 80.0 cm³/mol. The zero-order valence-electron chi connectivity index (χ0n) is 12.3. The first-order valence-electron chi connectivity index (χ1n) is 7.91. The summed E-state index contributed by atoms with van der Waals surface area (Å²) in [6.45, 7) is 1.47. The molecule has 0 bridgehead atoms. The average Bonchev–Trinajstić information content (AvgIpc) is 2.97. The first kappa shape index (κ1) is 14.4. The Labute approximate surface area is 125 Å². The summed E-state index contributed by atoms with van der Waals surface area (Å²) in [6.07, 6.45) is 3.95. The molecule has 1 saturated carbocycles. The highest BCUT2D eigenvalue weighted by Crippen LogP contribution is 2.28. The van der Waals surface area contributed by atoms with Gasteiger partial charge in [0, 0.05) is 18.9 Å². The van der Waals surface area contributed by atoms with E-state index in [-0.39, 0.29) is 24.0 Å². The van der Waals surface area contributed by atoms with Crippen LogP contribution in [0.25, 0.3) is 0 Å². The second-order valence-corrected chi connectivity index (χ2v) is 6.13. The fourth-order valence-electron chi connectivity index (χ4n) is 3.30. The van der Waals surface area contributed by atoms with Gasteiger partial charge in [-0.15, -0.1) is 0 Å². The molecule has 3 rings (SSSR count). The van der Waals surface area contributed by atoms with Gasteiger partial charge in [0.15, 0.2) is 0 Å². The highest BCUT2D eigenvalue weighted by molar-refractivity contribution is 5.79. The molecule has 1 heterocycles. The van der Waals surface area contributed by atoms with Crippen LogP contribution in [0.1, 0.15) is 32.1 Å². The molecule has 114 valence electrons. The van der Waals surface area contributed by atoms with Crippen LogP contribution in [0.3, 0.4) is 0 Å². The number of para-hydroxylation sites is 1. The van der Waals surface area contributed by atoms with Gasteiger partial charge in [0.2, 0.25) is 5.91 Å². The Bertz CT molecular complexity index is 468. The lowest BCUT2D eigenvalue weighted by Crippen LogP contribution is -2.37. The fourth-order valence-corrected chi connectivity index (χ4v) is 3.30. The summed E-state index contributed by atoms with van der Waals surface area (Å²) in [6, 6.07) is 9.79. The lowest BCUT2D eigenvalue weighted by molar-refractivity contribution is -0.136. The van der Waals surface area contributed by atoms with Gasteiger partial charge in [0.05, 0.1) is 12.6 Å². The van der Waals surface area contributed by atoms with Crippen LogP contribution in [-0.4, -0.2) is 41.2 Å². The van der Waals surface area contributed by atoms with Crippen LogP contribution in [0.15, 0.2) is 30.3 Å². The van der Waals surface area contributed by atoms with E-state index in [0.717, 1.165) is 44.4 Å². The minimum absolute atomic E-state index is 0.101. The molecule has 1 N–H and O–H groups in total. The number of amides is 1. The SMILES string of the molecule is O=C(C1CCC(O)CC1)N1CC[C@@H](Oc2ccccc2)C1. The Hall–Kier alpha value is -1.55. The van der Waals surface area contributed by atoms with Crippen molar-refractivity contribution in [2.24, 2.45) is 5.92 Å². The van der Waals surface area contributed by atoms with Gasteiger partial charge in [-0.2, -0.15) is 0 Å². The van der Waals surface area contributed by atoms with Crippen molar-refractivity contribution in [3.8, 4) is 5.75 Å². The highest BCUT2D eigenvalue weighted by Gasteiger charge is 2.33. The molecule has 1 aromatic carbocycles. The number of likely N-dealkylation sites (tertiary alicyclic amines) is 1. The second-order valence-electron chi connectivity index (χ2n) is 6.13. The van der Waals surface area contributed by atoms with Crippen molar-refractivity contribution in [2.75, 3.05) is 13.1 Å². The molecule has 0 aromatic heterocycles. The van der Waals surface area contributed by atoms with Gasteiger partial charge in [-0.25, -0.2) is 0 Å². The fraction of sp³-hybridized carbons (Fsp3) is 0.588. The molecule has 0 radical (unpaired) electrons. The molecule has 1 amide bonds. The van der Waals surface area contributed by atoms with E-state index in [9.17, 15) is 9.90 Å². The topological polar surface area (TPSA) is 49.8 Å². The smallest absolute Gasteiger partial charge is 0.225 e. The Morgan fingerprint density at radius 1 is 1.10 bits per heavy atom. The van der Waals surface area contributed by atoms with Crippen molar-refractivity contribution in [1.29, 1.82) is 0 Å². The lowest BCUT2D eigenvalue weighted by Gasteiger charge is -2.28. The van der Waals surface area contributed by atoms with E-state index in [1.165, 1.54) is 0 Å². The molecule has 0 unspecified atom stereocenters. The second kappa shape index (κ2) is 6.48. The quantitative estimate of drug-likeness (QED) is 0.928. The largest absolute Gasteiger partial charge is 0.489 e. The molecular weight excluding hydrogens is 266 g/mol. The van der Waals surface area contributed by atoms with Crippen LogP contribution in [-0.2, 0) is 4.79 Å². The van der Waals surface area contributed by atoms with Crippen LogP contribution in [0.4, 0.5) is 0 Å². The summed E-state index contributed by atoms with van der Waals surface area (Å²) in [5, 5.41) is 9.54. The van der Waals surface area contributed by atoms with Gasteiger partial charge >= 0.3 is 0 Å². The first-order valence-corrected chi connectivity index (χ1v) is 7.91. The standard InChI is InChI=1S/C17H23NO3/c19-14-8-6-13(7-9-14)17(20)18-11-10-16(12-18)21-15-4-2-1-3-5-15/h1-5,13-14,16,19H,6-12H2/t13?,14?,16-/m1/s1. The van der Waals surface area contributed by atoms with Crippen molar-refractivity contribution < 1.29 is 14.6 Å². The number of rotatable bonds is 3. The van der Waals surface area contributed by atoms with E-state index in [0.29, 0.717) is 6.54 Å². The molecule has 4 heteroatoms. The van der Waals surface area contributed by atoms with Crippen molar-refractivity contribution in [1.82, 2.24) is 4.90 Å². The lowest BCUT2D eigenvalue weighted by atomic mass is 9.86. The van der Waals surface area contributed by atoms with E-state index < -0.39 is 0 Å². The van der Waals surface area contributed by atoms with Crippen LogP contribution < -0.4 is 4.74 Å². The van der Waals surface area contributed by atoms with Crippen molar-refractivity contribution in [3.05, 3.63) is 30.3 Å². The maximum atomic E-state index is 12.5. The molecule has 21 heavy (non-hydrogen) atoms. The number of aliphatic hydroxyl groups excluding tert-OH is 1. The van der Waals surface area contributed by atoms with Crippen LogP contribution in [0.5, 0.6) is 5.75 Å². The zero-order chi connectivity index (χ0) is 14.7. The third-order valence-electron chi connectivity index (χ3n) is 4.55. The number of hydrogen-bond donors (Lipinski definition) is 1. The van der Waals surface area contributed by atoms with E-state index in [2.05, 4.69) is 0 Å². The molecule has 1 aliphatic heterocycles. The molecule has 1 aromatic rings. The normalized spacial score (nSPS) is 29.4. The summed E-state index contributed by atoms with van der Waals surface area (Å²) < 4.78 is 5.93. The molecule has 0 spiro atoms. The highest BCUT2D eigenvalue weighted by atomic mass is 16.5. The van der Waals surface area contributed by atoms with Crippen LogP contribution >= 0.6 is 0 Å². The Morgan fingerprint density at radius 3 is 2.52 bits per heavy atom. The molecule has 4 nitrogen and oxygen atoms in total. The number of nitrogens with zero attached hydrogens (tertiary/aromatic N) is 1. The Balaban J connectivity index is 1.51. The van der Waals surface area contributed by atoms with Gasteiger partial charge in [-0.3, -0.25) is 4.79 Å². The number of hydrogen-bond acceptors (Lipinski definition) is 3. The number of carbonyl (C=O) groups excluding carboxylic acids is 1. The number of aliphatic hydroxyl groups is 1. The summed E-state index contributed by atoms with van der Waals surface area (Å²) in [5.41, 5.74) is 0. The minimum Gasteiger partial charge on any atom is -0.489 e. The van der Waals surface area contributed by atoms with Crippen molar-refractivity contribution >= 4 is 5.91 Å². The molecule has 2 aliphatic rings. The van der Waals surface area contributed by atoms with E-state index in [4.69, 9.17) is 4.74 Å². The number of ether oxygens (including phenoxy) is 1. The van der Waals surface area contributed by atoms with Crippen molar-refractivity contribution in [3.63, 3.8) is 0 Å². The number of benzene rings is 1. The molecule has 1 aliphatic carbocycles. The maximum Gasteiger partial charge on any atom is 0.225 e. The molecular formula is C17H23NO3. The van der Waals surface area contributed by atoms with Gasteiger partial charge in [-0.05, 0) is 37.8 Å². The van der Waals surface area contributed by atoms with E-state index >= 15 is 0 Å². The Kier molecular flexibility index (Phi) is 4.44. The van der Waals surface area contributed by atoms with E-state index in [1.54, 1.807) is 0 Å². The first-order chi connectivity index (χ1) is 10.2. The maximum absolute atomic E-state index is 12.5. The number of carbonyl (C=O) groups is 1. The average molecular weight is 289 g/mol. The summed E-state index contributed by atoms with van der Waals surface area (Å²) in [4.78, 5) is 14.4.